The van der Waals surface area contributed by atoms with Crippen LogP contribution in [0.4, 0.5) is 10.5 Å². The van der Waals surface area contributed by atoms with E-state index in [0.717, 1.165) is 9.37 Å². The van der Waals surface area contributed by atoms with Gasteiger partial charge < -0.3 is 14.7 Å². The van der Waals surface area contributed by atoms with E-state index in [0.29, 0.717) is 12.1 Å². The number of amides is 2. The Labute approximate surface area is 149 Å². The minimum atomic E-state index is -1.13. The molecule has 7 nitrogen and oxygen atoms in total. The van der Waals surface area contributed by atoms with E-state index in [1.54, 1.807) is 24.3 Å². The quantitative estimate of drug-likeness (QED) is 0.733. The molecule has 0 saturated carbocycles. The Bertz CT molecular complexity index is 589. The van der Waals surface area contributed by atoms with E-state index in [2.05, 4.69) is 21.2 Å². The predicted molar refractivity (Wildman–Crippen MR) is 92.8 cm³/mol. The Morgan fingerprint density at radius 1 is 1.25 bits per heavy atom. The molecule has 1 aromatic rings. The third-order valence-corrected chi connectivity index (χ3v) is 3.58. The van der Waals surface area contributed by atoms with Crippen LogP contribution in [-0.4, -0.2) is 47.7 Å². The lowest BCUT2D eigenvalue weighted by Crippen LogP contribution is -2.42. The summed E-state index contributed by atoms with van der Waals surface area (Å²) in [6.07, 6.45) is -1.50. The SMILES string of the molecule is CC(C)CC(OC(=O)Nc1ccc(Br)cc1)C(=O)N(C)CC(=O)O. The van der Waals surface area contributed by atoms with Crippen molar-refractivity contribution >= 4 is 39.6 Å². The first-order valence-electron chi connectivity index (χ1n) is 7.39. The molecule has 1 unspecified atom stereocenters. The fourth-order valence-corrected chi connectivity index (χ4v) is 2.23. The van der Waals surface area contributed by atoms with Gasteiger partial charge in [0, 0.05) is 17.2 Å². The number of hydrogen-bond donors (Lipinski definition) is 2. The molecule has 0 fully saturated rings. The molecule has 1 atom stereocenters. The largest absolute Gasteiger partial charge is 0.480 e. The first-order valence-corrected chi connectivity index (χ1v) is 8.18. The number of aliphatic carboxylic acids is 1. The van der Waals surface area contributed by atoms with Crippen LogP contribution in [0.15, 0.2) is 28.7 Å². The van der Waals surface area contributed by atoms with Crippen molar-refractivity contribution < 1.29 is 24.2 Å². The fraction of sp³-hybridized carbons (Fsp3) is 0.438. The van der Waals surface area contributed by atoms with Crippen LogP contribution < -0.4 is 5.32 Å². The lowest BCUT2D eigenvalue weighted by Gasteiger charge is -2.24. The molecule has 1 aromatic carbocycles. The van der Waals surface area contributed by atoms with E-state index in [9.17, 15) is 14.4 Å². The summed E-state index contributed by atoms with van der Waals surface area (Å²) in [5.41, 5.74) is 0.526. The van der Waals surface area contributed by atoms with Gasteiger partial charge in [0.05, 0.1) is 0 Å². The van der Waals surface area contributed by atoms with Crippen molar-refractivity contribution in [3.05, 3.63) is 28.7 Å². The van der Waals surface area contributed by atoms with Gasteiger partial charge in [-0.25, -0.2) is 4.79 Å². The number of ether oxygens (including phenoxy) is 1. The number of rotatable bonds is 7. The van der Waals surface area contributed by atoms with Crippen LogP contribution in [0.25, 0.3) is 0 Å². The van der Waals surface area contributed by atoms with E-state index in [1.807, 2.05) is 13.8 Å². The number of halogens is 1. The van der Waals surface area contributed by atoms with Crippen molar-refractivity contribution in [2.24, 2.45) is 5.92 Å². The first-order chi connectivity index (χ1) is 11.2. The second kappa shape index (κ2) is 9.27. The smallest absolute Gasteiger partial charge is 0.412 e. The molecule has 132 valence electrons. The molecule has 8 heteroatoms. The Balaban J connectivity index is 2.73. The van der Waals surface area contributed by atoms with E-state index >= 15 is 0 Å². The Morgan fingerprint density at radius 2 is 1.83 bits per heavy atom. The van der Waals surface area contributed by atoms with Crippen LogP contribution in [0.2, 0.25) is 0 Å². The van der Waals surface area contributed by atoms with Crippen LogP contribution in [0.3, 0.4) is 0 Å². The Morgan fingerprint density at radius 3 is 2.33 bits per heavy atom. The Hall–Kier alpha value is -2.09. The van der Waals surface area contributed by atoms with Gasteiger partial charge in [-0.05, 0) is 36.6 Å². The van der Waals surface area contributed by atoms with Crippen LogP contribution >= 0.6 is 15.9 Å². The monoisotopic (exact) mass is 400 g/mol. The molecule has 0 heterocycles. The number of carboxylic acids is 1. The molecule has 0 aromatic heterocycles. The normalized spacial score (nSPS) is 11.7. The number of likely N-dealkylation sites (N-methyl/N-ethyl adjacent to an activating group) is 1. The molecule has 0 bridgehead atoms. The topological polar surface area (TPSA) is 95.9 Å². The molecule has 0 saturated heterocycles. The molecule has 0 aliphatic rings. The summed E-state index contributed by atoms with van der Waals surface area (Å²) in [6, 6.07) is 6.88. The van der Waals surface area contributed by atoms with Crippen molar-refractivity contribution in [3.8, 4) is 0 Å². The predicted octanol–water partition coefficient (Wildman–Crippen LogP) is 2.96. The van der Waals surface area contributed by atoms with Crippen LogP contribution in [-0.2, 0) is 14.3 Å². The third kappa shape index (κ3) is 6.99. The molecule has 1 rings (SSSR count). The maximum absolute atomic E-state index is 12.3. The van der Waals surface area contributed by atoms with E-state index in [4.69, 9.17) is 9.84 Å². The zero-order valence-corrected chi connectivity index (χ0v) is 15.4. The number of carboxylic acid groups (broad SMARTS) is 1. The lowest BCUT2D eigenvalue weighted by atomic mass is 10.1. The molecule has 0 radical (unpaired) electrons. The molecule has 0 aliphatic carbocycles. The number of carbonyl (C=O) groups is 3. The van der Waals surface area contributed by atoms with Gasteiger partial charge in [-0.15, -0.1) is 0 Å². The zero-order valence-electron chi connectivity index (χ0n) is 13.8. The number of nitrogens with one attached hydrogen (secondary N) is 1. The van der Waals surface area contributed by atoms with Gasteiger partial charge in [-0.3, -0.25) is 14.9 Å². The highest BCUT2D eigenvalue weighted by Gasteiger charge is 2.28. The minimum Gasteiger partial charge on any atom is -0.480 e. The molecule has 24 heavy (non-hydrogen) atoms. The van der Waals surface area contributed by atoms with Gasteiger partial charge in [-0.1, -0.05) is 29.8 Å². The molecule has 2 amide bonds. The van der Waals surface area contributed by atoms with Gasteiger partial charge >= 0.3 is 12.1 Å². The van der Waals surface area contributed by atoms with E-state index in [1.165, 1.54) is 7.05 Å². The highest BCUT2D eigenvalue weighted by atomic mass is 79.9. The summed E-state index contributed by atoms with van der Waals surface area (Å²) in [5.74, 6) is -1.58. The van der Waals surface area contributed by atoms with Gasteiger partial charge in [0.25, 0.3) is 5.91 Å². The highest BCUT2D eigenvalue weighted by Crippen LogP contribution is 2.16. The summed E-state index contributed by atoms with van der Waals surface area (Å²) in [5, 5.41) is 11.3. The number of nitrogens with zero attached hydrogens (tertiary/aromatic N) is 1. The maximum Gasteiger partial charge on any atom is 0.412 e. The second-order valence-electron chi connectivity index (χ2n) is 5.74. The zero-order chi connectivity index (χ0) is 18.3. The average Bonchev–Trinajstić information content (AvgIpc) is 2.47. The minimum absolute atomic E-state index is 0.0951. The number of benzene rings is 1. The second-order valence-corrected chi connectivity index (χ2v) is 6.66. The summed E-state index contributed by atoms with van der Waals surface area (Å²) in [6.45, 7) is 3.31. The fourth-order valence-electron chi connectivity index (χ4n) is 1.96. The van der Waals surface area contributed by atoms with Crippen LogP contribution in [0.1, 0.15) is 20.3 Å². The van der Waals surface area contributed by atoms with Gasteiger partial charge in [-0.2, -0.15) is 0 Å². The summed E-state index contributed by atoms with van der Waals surface area (Å²) in [7, 11) is 1.36. The third-order valence-electron chi connectivity index (χ3n) is 3.05. The van der Waals surface area contributed by atoms with Crippen molar-refractivity contribution in [2.45, 2.75) is 26.4 Å². The number of carbonyl (C=O) groups excluding carboxylic acids is 2. The van der Waals surface area contributed by atoms with E-state index < -0.39 is 30.6 Å². The Kier molecular flexibility index (Phi) is 7.70. The number of hydrogen-bond acceptors (Lipinski definition) is 4. The highest BCUT2D eigenvalue weighted by molar-refractivity contribution is 9.10. The standard InChI is InChI=1S/C16H21BrN2O5/c1-10(2)8-13(15(22)19(3)9-14(20)21)24-16(23)18-12-6-4-11(17)5-7-12/h4-7,10,13H,8-9H2,1-3H3,(H,18,23)(H,20,21). The molecule has 0 aliphatic heterocycles. The van der Waals surface area contributed by atoms with Crippen LogP contribution in [0, 0.1) is 5.92 Å². The molecular formula is C16H21BrN2O5. The van der Waals surface area contributed by atoms with Crippen LogP contribution in [0.5, 0.6) is 0 Å². The first kappa shape index (κ1) is 20.0. The summed E-state index contributed by atoms with van der Waals surface area (Å²) in [4.78, 5) is 36.1. The number of anilines is 1. The molecule has 0 spiro atoms. The summed E-state index contributed by atoms with van der Waals surface area (Å²) >= 11 is 3.29. The van der Waals surface area contributed by atoms with Gasteiger partial charge in [0.2, 0.25) is 0 Å². The van der Waals surface area contributed by atoms with E-state index in [-0.39, 0.29) is 5.92 Å². The van der Waals surface area contributed by atoms with Gasteiger partial charge in [0.15, 0.2) is 6.10 Å². The average molecular weight is 401 g/mol. The molecular weight excluding hydrogens is 380 g/mol. The lowest BCUT2D eigenvalue weighted by molar-refractivity contribution is -0.147. The maximum atomic E-state index is 12.3. The van der Waals surface area contributed by atoms with Crippen molar-refractivity contribution in [1.82, 2.24) is 4.90 Å². The van der Waals surface area contributed by atoms with Crippen molar-refractivity contribution in [3.63, 3.8) is 0 Å². The summed E-state index contributed by atoms with van der Waals surface area (Å²) < 4.78 is 6.08. The van der Waals surface area contributed by atoms with Crippen molar-refractivity contribution in [1.29, 1.82) is 0 Å². The molecule has 2 N–H and O–H groups in total. The van der Waals surface area contributed by atoms with Crippen molar-refractivity contribution in [2.75, 3.05) is 18.9 Å². The van der Waals surface area contributed by atoms with Gasteiger partial charge in [0.1, 0.15) is 6.54 Å².